The van der Waals surface area contributed by atoms with Gasteiger partial charge in [0.15, 0.2) is 0 Å². The summed E-state index contributed by atoms with van der Waals surface area (Å²) in [4.78, 5) is 0. The van der Waals surface area contributed by atoms with E-state index in [0.29, 0.717) is 0 Å². The fourth-order valence-corrected chi connectivity index (χ4v) is 0. The zero-order chi connectivity index (χ0) is 14.3. The standard InChI is InChI=1S/4AsFO2.8K/c4*2-1(3)4;;;;;;;;/q4*-2;8*+1. The molecular weight excluding hydrogens is 816 g/mol. The Hall–Kier alpha value is 14.7. The molecule has 0 unspecified atom stereocenters. The molecule has 24 heteroatoms. The van der Waals surface area contributed by atoms with Crippen molar-refractivity contribution in [2.45, 2.75) is 0 Å². The van der Waals surface area contributed by atoms with Gasteiger partial charge in [-0.15, -0.1) is 0 Å². The Morgan fingerprint density at radius 1 is 0.292 bits per heavy atom. The van der Waals surface area contributed by atoms with E-state index >= 15 is 0 Å². The molecule has 24 heavy (non-hydrogen) atoms. The predicted molar refractivity (Wildman–Crippen MR) is 27.4 cm³/mol. The summed E-state index contributed by atoms with van der Waals surface area (Å²) in [6.07, 6.45) is 0. The van der Waals surface area contributed by atoms with E-state index in [1.54, 1.807) is 0 Å². The van der Waals surface area contributed by atoms with Gasteiger partial charge in [0.05, 0.1) is 0 Å². The number of hydrogen-bond acceptors (Lipinski definition) is 8. The summed E-state index contributed by atoms with van der Waals surface area (Å²) in [6, 6.07) is 0. The van der Waals surface area contributed by atoms with E-state index in [1.165, 1.54) is 0 Å². The fourth-order valence-electron chi connectivity index (χ4n) is 0. The van der Waals surface area contributed by atoms with Crippen molar-refractivity contribution in [3.05, 3.63) is 0 Å². The van der Waals surface area contributed by atoms with Gasteiger partial charge in [0, 0.05) is 0 Å². The molecule has 0 aromatic rings. The van der Waals surface area contributed by atoms with Gasteiger partial charge in [0.25, 0.3) is 0 Å². The molecule has 0 spiro atoms. The van der Waals surface area contributed by atoms with E-state index in [4.69, 9.17) is 32.8 Å². The van der Waals surface area contributed by atoms with Crippen LogP contribution in [0.15, 0.2) is 0 Å². The molecule has 0 radical (unpaired) electrons. The van der Waals surface area contributed by atoms with E-state index in [1.807, 2.05) is 0 Å². The first-order valence-electron chi connectivity index (χ1n) is 2.14. The summed E-state index contributed by atoms with van der Waals surface area (Å²) in [5.41, 5.74) is 0. The Morgan fingerprint density at radius 2 is 0.292 bits per heavy atom. The van der Waals surface area contributed by atoms with Crippen LogP contribution in [0.5, 0.6) is 0 Å². The zero-order valence-electron chi connectivity index (χ0n) is 14.6. The van der Waals surface area contributed by atoms with Crippen LogP contribution in [0, 0.1) is 0 Å². The van der Waals surface area contributed by atoms with Crippen LogP contribution in [0.3, 0.4) is 0 Å². The molecule has 0 aliphatic rings. The van der Waals surface area contributed by atoms with E-state index in [9.17, 15) is 13.9 Å². The third kappa shape index (κ3) is 216. The number of halogens is 4. The van der Waals surface area contributed by atoms with Gasteiger partial charge in [0.1, 0.15) is 0 Å². The van der Waals surface area contributed by atoms with Crippen LogP contribution in [-0.2, 0) is 0 Å². The SMILES string of the molecule is [K+].[K+].[K+].[K+].[K+].[K+].[K+].[K+].[O-][As]([O-])F.[O-][As]([O-])F.[O-][As]([O-])F.[O-][As]([O-])F. The molecule has 0 fully saturated rings. The van der Waals surface area contributed by atoms with Crippen LogP contribution >= 0.6 is 0 Å². The fraction of sp³-hybridized carbons (Fsp3) is 0. The van der Waals surface area contributed by atoms with Gasteiger partial charge in [-0.3, -0.25) is 0 Å². The molecule has 8 nitrogen and oxygen atoms in total. The Bertz CT molecular complexity index is 89.1. The monoisotopic (exact) mass is 815 g/mol. The van der Waals surface area contributed by atoms with Crippen LogP contribution in [0.1, 0.15) is 0 Å². The Balaban J connectivity index is -0.00000000720. The third-order valence-electron chi connectivity index (χ3n) is 0. The average Bonchev–Trinajstić information content (AvgIpc) is 1.76. The van der Waals surface area contributed by atoms with Crippen molar-refractivity contribution in [3.8, 4) is 0 Å². The van der Waals surface area contributed by atoms with Crippen molar-refractivity contribution in [2.75, 3.05) is 0 Å². The Kier molecular flexibility index (Phi) is 229. The second-order valence-corrected chi connectivity index (χ2v) is 4.42. The molecule has 0 saturated heterocycles. The average molecular weight is 816 g/mol. The van der Waals surface area contributed by atoms with Gasteiger partial charge in [-0.2, -0.15) is 0 Å². The topological polar surface area (TPSA) is 184 Å². The molecule has 0 aliphatic carbocycles. The molecule has 0 heterocycles. The quantitative estimate of drug-likeness (QED) is 0.171. The maximum absolute atomic E-state index is 10.0. The molecule has 0 N–H and O–H groups in total. The molecular formula is As4F4K8O8. The summed E-state index contributed by atoms with van der Waals surface area (Å²) < 4.78 is 108. The maximum atomic E-state index is 10.0. The molecule has 0 saturated carbocycles. The van der Waals surface area contributed by atoms with Crippen LogP contribution in [0.25, 0.3) is 0 Å². The van der Waals surface area contributed by atoms with Crippen molar-refractivity contribution >= 4 is 63.2 Å². The molecule has 0 rings (SSSR count). The van der Waals surface area contributed by atoms with Gasteiger partial charge in [-0.05, 0) is 0 Å². The van der Waals surface area contributed by atoms with Crippen molar-refractivity contribution in [2.24, 2.45) is 0 Å². The number of rotatable bonds is 0. The molecule has 0 amide bonds. The third-order valence-corrected chi connectivity index (χ3v) is 0. The van der Waals surface area contributed by atoms with Crippen LogP contribution in [0.4, 0.5) is 13.9 Å². The minimum atomic E-state index is -4.19. The van der Waals surface area contributed by atoms with Gasteiger partial charge < -0.3 is 0 Å². The Morgan fingerprint density at radius 3 is 0.292 bits per heavy atom. The summed E-state index contributed by atoms with van der Waals surface area (Å²) in [6.45, 7) is 0. The Labute approximate surface area is 501 Å². The first kappa shape index (κ1) is 77.2. The molecule has 0 atom stereocenters. The molecule has 0 aromatic carbocycles. The van der Waals surface area contributed by atoms with E-state index in [0.717, 1.165) is 0 Å². The van der Waals surface area contributed by atoms with Gasteiger partial charge in [-0.25, -0.2) is 0 Å². The summed E-state index contributed by atoms with van der Waals surface area (Å²) in [5.74, 6) is 0. The van der Waals surface area contributed by atoms with E-state index < -0.39 is 63.2 Å². The summed E-state index contributed by atoms with van der Waals surface area (Å²) >= 11 is -16.8. The summed E-state index contributed by atoms with van der Waals surface area (Å²) in [7, 11) is 0. The van der Waals surface area contributed by atoms with Gasteiger partial charge in [-0.1, -0.05) is 0 Å². The predicted octanol–water partition coefficient (Wildman–Crippen LogP) is -33.3. The first-order chi connectivity index (χ1) is 6.93. The van der Waals surface area contributed by atoms with Crippen LogP contribution in [-0.4, -0.2) is 63.2 Å². The van der Waals surface area contributed by atoms with Crippen molar-refractivity contribution in [1.82, 2.24) is 0 Å². The second kappa shape index (κ2) is 71.2. The molecule has 0 bridgehead atoms. The van der Waals surface area contributed by atoms with Gasteiger partial charge in [0.2, 0.25) is 0 Å². The molecule has 0 aliphatic heterocycles. The van der Waals surface area contributed by atoms with Crippen LogP contribution < -0.4 is 444 Å². The van der Waals surface area contributed by atoms with Crippen LogP contribution in [0.2, 0.25) is 0 Å². The normalized spacial score (nSPS) is 6.00. The summed E-state index contributed by atoms with van der Waals surface area (Å²) in [5, 5.41) is 0. The number of hydrogen-bond donors (Lipinski definition) is 0. The molecule has 104 valence electrons. The zero-order valence-corrected chi connectivity index (χ0v) is 47.1. The molecule has 0 aromatic heterocycles. The minimum absolute atomic E-state index is 0. The van der Waals surface area contributed by atoms with Crippen molar-refractivity contribution in [1.29, 1.82) is 0 Å². The van der Waals surface area contributed by atoms with E-state index in [-0.39, 0.29) is 411 Å². The second-order valence-electron chi connectivity index (χ2n) is 0.850. The van der Waals surface area contributed by atoms with Crippen molar-refractivity contribution in [3.63, 3.8) is 0 Å². The van der Waals surface area contributed by atoms with Gasteiger partial charge >= 0.3 is 521 Å². The van der Waals surface area contributed by atoms with Crippen molar-refractivity contribution < 1.29 is 458 Å². The first-order valence-corrected chi connectivity index (χ1v) is 11.1. The van der Waals surface area contributed by atoms with E-state index in [2.05, 4.69) is 0 Å².